The average molecular weight is 683 g/mol. The molecule has 0 bridgehead atoms. The molecule has 6 amide bonds. The molecule has 0 unspecified atom stereocenters. The van der Waals surface area contributed by atoms with Crippen molar-refractivity contribution in [1.29, 1.82) is 0 Å². The third kappa shape index (κ3) is 11.6. The highest BCUT2D eigenvalue weighted by atomic mass is 16.2. The zero-order valence-corrected chi connectivity index (χ0v) is 30.5. The minimum absolute atomic E-state index is 0.0142. The van der Waals surface area contributed by atoms with E-state index in [9.17, 15) is 28.8 Å². The van der Waals surface area contributed by atoms with Crippen LogP contribution in [0.25, 0.3) is 0 Å². The second-order valence-corrected chi connectivity index (χ2v) is 15.2. The summed E-state index contributed by atoms with van der Waals surface area (Å²) in [5.74, 6) is -3.20. The lowest BCUT2D eigenvalue weighted by atomic mass is 9.97. The maximum atomic E-state index is 14.3. The summed E-state index contributed by atoms with van der Waals surface area (Å²) in [4.78, 5) is 84.9. The summed E-state index contributed by atoms with van der Waals surface area (Å²) in [6, 6.07) is 3.53. The highest BCUT2D eigenvalue weighted by Gasteiger charge is 2.41. The quantitative estimate of drug-likeness (QED) is 0.269. The van der Waals surface area contributed by atoms with Gasteiger partial charge in [0.1, 0.15) is 36.3 Å². The molecule has 0 saturated carbocycles. The van der Waals surface area contributed by atoms with E-state index >= 15 is 0 Å². The monoisotopic (exact) mass is 682 g/mol. The van der Waals surface area contributed by atoms with E-state index in [0.29, 0.717) is 38.6 Å². The third-order valence-electron chi connectivity index (χ3n) is 9.00. The maximum absolute atomic E-state index is 14.3. The lowest BCUT2D eigenvalue weighted by molar-refractivity contribution is -0.143. The average Bonchev–Trinajstić information content (AvgIpc) is 3.51. The SMILES string of the molecule is CC(C)C[C@@H]1NC(=O)[C@H](C(C)C)NC(=O)[C@@H](CC(C)C)NC(=O)[C@H](CC(C)C)NC(=O)[C@@H]2CCCN2C(=O)[C@@H](Cc2ccccc2)NC1=O. The number of carbonyl (C=O) groups is 6. The predicted molar refractivity (Wildman–Crippen MR) is 188 cm³/mol. The summed E-state index contributed by atoms with van der Waals surface area (Å²) in [6.45, 7) is 15.5. The molecule has 1 aromatic carbocycles. The molecule has 3 rings (SSSR count). The number of nitrogens with zero attached hydrogens (tertiary/aromatic N) is 1. The van der Waals surface area contributed by atoms with Gasteiger partial charge in [-0.1, -0.05) is 85.7 Å². The number of rotatable bonds is 9. The summed E-state index contributed by atoms with van der Waals surface area (Å²) in [6.07, 6.45) is 2.07. The van der Waals surface area contributed by atoms with Crippen molar-refractivity contribution in [2.24, 2.45) is 23.7 Å². The molecule has 2 saturated heterocycles. The highest BCUT2D eigenvalue weighted by molar-refractivity contribution is 5.98. The molecule has 2 fully saturated rings. The number of benzene rings is 1. The number of nitrogens with one attached hydrogen (secondary N) is 5. The van der Waals surface area contributed by atoms with Crippen molar-refractivity contribution in [3.63, 3.8) is 0 Å². The molecule has 12 heteroatoms. The Morgan fingerprint density at radius 2 is 1.04 bits per heavy atom. The molecule has 5 N–H and O–H groups in total. The molecule has 49 heavy (non-hydrogen) atoms. The molecule has 1 aromatic rings. The fourth-order valence-corrected chi connectivity index (χ4v) is 6.52. The fourth-order valence-electron chi connectivity index (χ4n) is 6.52. The first-order valence-electron chi connectivity index (χ1n) is 17.9. The van der Waals surface area contributed by atoms with Crippen LogP contribution in [0.4, 0.5) is 0 Å². The lowest BCUT2D eigenvalue weighted by Gasteiger charge is -2.32. The molecule has 2 heterocycles. The largest absolute Gasteiger partial charge is 0.343 e. The van der Waals surface area contributed by atoms with Gasteiger partial charge >= 0.3 is 0 Å². The van der Waals surface area contributed by atoms with E-state index < -0.39 is 71.7 Å². The Bertz CT molecular complexity index is 1320. The summed E-state index contributed by atoms with van der Waals surface area (Å²) in [7, 11) is 0. The lowest BCUT2D eigenvalue weighted by Crippen LogP contribution is -2.62. The molecule has 6 atom stereocenters. The summed E-state index contributed by atoms with van der Waals surface area (Å²) >= 11 is 0. The van der Waals surface area contributed by atoms with E-state index in [1.54, 1.807) is 13.8 Å². The van der Waals surface area contributed by atoms with E-state index in [-0.39, 0.29) is 30.1 Å². The van der Waals surface area contributed by atoms with E-state index in [1.165, 1.54) is 4.90 Å². The van der Waals surface area contributed by atoms with Crippen LogP contribution in [0.2, 0.25) is 0 Å². The molecule has 2 aliphatic heterocycles. The number of fused-ring (bicyclic) bond motifs is 1. The van der Waals surface area contributed by atoms with Crippen LogP contribution in [-0.2, 0) is 35.2 Å². The smallest absolute Gasteiger partial charge is 0.246 e. The Balaban J connectivity index is 2.09. The fraction of sp³-hybridized carbons (Fsp3) is 0.676. The van der Waals surface area contributed by atoms with Crippen LogP contribution in [0.15, 0.2) is 30.3 Å². The Hall–Kier alpha value is -3.96. The van der Waals surface area contributed by atoms with Gasteiger partial charge in [0, 0.05) is 13.0 Å². The first-order valence-corrected chi connectivity index (χ1v) is 17.9. The summed E-state index contributed by atoms with van der Waals surface area (Å²) in [5.41, 5.74) is 0.820. The van der Waals surface area contributed by atoms with Crippen LogP contribution in [-0.4, -0.2) is 83.1 Å². The Morgan fingerprint density at radius 1 is 0.592 bits per heavy atom. The minimum Gasteiger partial charge on any atom is -0.343 e. The Morgan fingerprint density at radius 3 is 1.53 bits per heavy atom. The topological polar surface area (TPSA) is 166 Å². The van der Waals surface area contributed by atoms with Crippen LogP contribution in [0.5, 0.6) is 0 Å². The van der Waals surface area contributed by atoms with Crippen molar-refractivity contribution >= 4 is 35.4 Å². The minimum atomic E-state index is -1.01. The van der Waals surface area contributed by atoms with E-state index in [4.69, 9.17) is 0 Å². The standard InChI is InChI=1S/C37H58N6O6/c1-21(2)17-26-32(44)38-28(19-23(5)6)34(46)42-31(24(7)8)36(48)40-27(18-22(3)4)33(45)41-29(20-25-13-10-9-11-14-25)37(49)43-16-12-15-30(43)35(47)39-26/h9-11,13-14,21-24,26-31H,12,15-20H2,1-8H3,(H,38,44)(H,39,47)(H,40,48)(H,41,45)(H,42,46)/t26-,27-,28+,29+,30-,31-/m0/s1. The number of amides is 6. The van der Waals surface area contributed by atoms with Gasteiger partial charge in [0.25, 0.3) is 0 Å². The van der Waals surface area contributed by atoms with Gasteiger partial charge in [-0.3, -0.25) is 28.8 Å². The first-order chi connectivity index (χ1) is 23.1. The molecule has 0 aliphatic carbocycles. The summed E-state index contributed by atoms with van der Waals surface area (Å²) < 4.78 is 0. The number of hydrogen-bond donors (Lipinski definition) is 5. The van der Waals surface area contributed by atoms with E-state index in [1.807, 2.05) is 71.9 Å². The second-order valence-electron chi connectivity index (χ2n) is 15.2. The first kappa shape index (κ1) is 39.5. The van der Waals surface area contributed by atoms with Crippen molar-refractivity contribution in [2.75, 3.05) is 6.54 Å². The third-order valence-corrected chi connectivity index (χ3v) is 9.00. The van der Waals surface area contributed by atoms with E-state index in [0.717, 1.165) is 5.56 Å². The zero-order chi connectivity index (χ0) is 36.4. The second kappa shape index (κ2) is 18.2. The van der Waals surface area contributed by atoms with Crippen LogP contribution in [0, 0.1) is 23.7 Å². The van der Waals surface area contributed by atoms with Crippen molar-refractivity contribution in [3.8, 4) is 0 Å². The van der Waals surface area contributed by atoms with Crippen LogP contribution in [0.1, 0.15) is 93.1 Å². The van der Waals surface area contributed by atoms with Gasteiger partial charge in [-0.15, -0.1) is 0 Å². The van der Waals surface area contributed by atoms with Crippen molar-refractivity contribution in [3.05, 3.63) is 35.9 Å². The molecule has 0 radical (unpaired) electrons. The van der Waals surface area contributed by atoms with Crippen molar-refractivity contribution in [2.45, 2.75) is 130 Å². The number of carbonyl (C=O) groups excluding carboxylic acids is 6. The van der Waals surface area contributed by atoms with Gasteiger partial charge in [0.2, 0.25) is 35.4 Å². The summed E-state index contributed by atoms with van der Waals surface area (Å²) in [5, 5.41) is 14.4. The van der Waals surface area contributed by atoms with Gasteiger partial charge in [-0.05, 0) is 61.3 Å². The van der Waals surface area contributed by atoms with Gasteiger partial charge in [0.05, 0.1) is 0 Å². The van der Waals surface area contributed by atoms with Crippen molar-refractivity contribution in [1.82, 2.24) is 31.5 Å². The number of hydrogen-bond acceptors (Lipinski definition) is 6. The molecule has 0 aromatic heterocycles. The molecular weight excluding hydrogens is 624 g/mol. The van der Waals surface area contributed by atoms with Gasteiger partial charge in [-0.25, -0.2) is 0 Å². The molecule has 2 aliphatic rings. The van der Waals surface area contributed by atoms with E-state index in [2.05, 4.69) is 26.6 Å². The van der Waals surface area contributed by atoms with Gasteiger partial charge in [-0.2, -0.15) is 0 Å². The maximum Gasteiger partial charge on any atom is 0.246 e. The van der Waals surface area contributed by atoms with Crippen LogP contribution < -0.4 is 26.6 Å². The molecular formula is C37H58N6O6. The van der Waals surface area contributed by atoms with Gasteiger partial charge in [0.15, 0.2) is 0 Å². The highest BCUT2D eigenvalue weighted by Crippen LogP contribution is 2.21. The predicted octanol–water partition coefficient (Wildman–Crippen LogP) is 2.45. The molecule has 272 valence electrons. The van der Waals surface area contributed by atoms with Crippen LogP contribution >= 0.6 is 0 Å². The van der Waals surface area contributed by atoms with Crippen molar-refractivity contribution < 1.29 is 28.8 Å². The normalized spacial score (nSPS) is 26.6. The molecule has 12 nitrogen and oxygen atoms in total. The van der Waals surface area contributed by atoms with Crippen LogP contribution in [0.3, 0.4) is 0 Å². The Labute approximate surface area is 291 Å². The Kier molecular flexibility index (Phi) is 14.6. The molecule has 0 spiro atoms. The zero-order valence-electron chi connectivity index (χ0n) is 30.5. The van der Waals surface area contributed by atoms with Gasteiger partial charge < -0.3 is 31.5 Å².